The first-order valence-electron chi connectivity index (χ1n) is 8.58. The van der Waals surface area contributed by atoms with Crippen molar-refractivity contribution >= 4 is 21.4 Å². The minimum Gasteiger partial charge on any atom is -0.366 e. The molecule has 25 heavy (non-hydrogen) atoms. The number of nitrogens with one attached hydrogen (secondary N) is 1. The molecule has 0 aromatic carbocycles. The molecule has 0 amide bonds. The van der Waals surface area contributed by atoms with Gasteiger partial charge in [0.1, 0.15) is 11.9 Å². The number of aromatic amines is 1. The lowest BCUT2D eigenvalue weighted by atomic mass is 9.93. The maximum Gasteiger partial charge on any atom is 0.214 e. The highest BCUT2D eigenvalue weighted by Crippen LogP contribution is 2.30. The van der Waals surface area contributed by atoms with Gasteiger partial charge in [0.2, 0.25) is 10.1 Å². The van der Waals surface area contributed by atoms with Crippen LogP contribution in [0.1, 0.15) is 51.1 Å². The van der Waals surface area contributed by atoms with Crippen molar-refractivity contribution in [3.05, 3.63) is 23.5 Å². The maximum absolute atomic E-state index is 5.86. The average molecular weight is 361 g/mol. The van der Waals surface area contributed by atoms with Crippen molar-refractivity contribution in [2.75, 3.05) is 24.6 Å². The Kier molecular flexibility index (Phi) is 3.99. The zero-order chi connectivity index (χ0) is 17.6. The minimum atomic E-state index is -0.133. The molecule has 0 bridgehead atoms. The molecule has 0 saturated carbocycles. The van der Waals surface area contributed by atoms with Crippen LogP contribution >= 0.6 is 11.3 Å². The van der Waals surface area contributed by atoms with E-state index >= 15 is 0 Å². The molecule has 9 heteroatoms. The zero-order valence-corrected chi connectivity index (χ0v) is 15.8. The zero-order valence-electron chi connectivity index (χ0n) is 15.0. The summed E-state index contributed by atoms with van der Waals surface area (Å²) in [5.41, 5.74) is 1.09. The molecular formula is C16H23N7OS. The van der Waals surface area contributed by atoms with Gasteiger partial charge in [0.25, 0.3) is 0 Å². The van der Waals surface area contributed by atoms with Gasteiger partial charge in [-0.1, -0.05) is 39.0 Å². The van der Waals surface area contributed by atoms with Crippen LogP contribution in [0.3, 0.4) is 0 Å². The normalized spacial score (nSPS) is 19.0. The predicted octanol–water partition coefficient (Wildman–Crippen LogP) is 2.35. The lowest BCUT2D eigenvalue weighted by molar-refractivity contribution is 0.0341. The molecule has 3 aromatic heterocycles. The predicted molar refractivity (Wildman–Crippen MR) is 96.2 cm³/mol. The summed E-state index contributed by atoms with van der Waals surface area (Å²) >= 11 is 1.61. The molecule has 1 unspecified atom stereocenters. The number of hydrogen-bond acceptors (Lipinski definition) is 7. The molecule has 1 N–H and O–H groups in total. The van der Waals surface area contributed by atoms with Crippen molar-refractivity contribution in [3.8, 4) is 0 Å². The summed E-state index contributed by atoms with van der Waals surface area (Å²) in [6, 6.07) is 0. The minimum absolute atomic E-state index is 0.0280. The smallest absolute Gasteiger partial charge is 0.214 e. The van der Waals surface area contributed by atoms with Crippen molar-refractivity contribution in [1.82, 2.24) is 29.8 Å². The van der Waals surface area contributed by atoms with Gasteiger partial charge in [-0.2, -0.15) is 5.10 Å². The molecule has 1 atom stereocenters. The van der Waals surface area contributed by atoms with E-state index in [1.54, 1.807) is 11.3 Å². The van der Waals surface area contributed by atoms with E-state index in [0.29, 0.717) is 13.2 Å². The van der Waals surface area contributed by atoms with Gasteiger partial charge in [-0.05, 0) is 0 Å². The van der Waals surface area contributed by atoms with E-state index in [1.165, 1.54) is 0 Å². The van der Waals surface area contributed by atoms with Gasteiger partial charge in [-0.25, -0.2) is 14.5 Å². The highest BCUT2D eigenvalue weighted by atomic mass is 32.1. The topological polar surface area (TPSA) is 84.2 Å². The summed E-state index contributed by atoms with van der Waals surface area (Å²) in [7, 11) is 0. The van der Waals surface area contributed by atoms with Crippen LogP contribution in [0.15, 0.2) is 6.20 Å². The molecule has 3 aromatic rings. The number of anilines is 1. The molecule has 4 heterocycles. The number of nitrogens with zero attached hydrogens (tertiary/aromatic N) is 6. The number of aromatic nitrogens is 6. The second-order valence-corrected chi connectivity index (χ2v) is 8.22. The lowest BCUT2D eigenvalue weighted by Crippen LogP contribution is -2.38. The van der Waals surface area contributed by atoms with Crippen LogP contribution in [0.2, 0.25) is 0 Å². The van der Waals surface area contributed by atoms with Gasteiger partial charge >= 0.3 is 0 Å². The number of ether oxygens (including phenoxy) is 1. The fourth-order valence-electron chi connectivity index (χ4n) is 2.77. The third-order valence-electron chi connectivity index (χ3n) is 4.31. The maximum atomic E-state index is 5.86. The number of fused-ring (bicyclic) bond motifs is 1. The van der Waals surface area contributed by atoms with Crippen molar-refractivity contribution in [1.29, 1.82) is 0 Å². The molecule has 4 rings (SSSR count). The van der Waals surface area contributed by atoms with Crippen molar-refractivity contribution in [2.24, 2.45) is 0 Å². The second-order valence-electron chi connectivity index (χ2n) is 7.29. The van der Waals surface area contributed by atoms with Crippen molar-refractivity contribution in [2.45, 2.75) is 45.6 Å². The largest absolute Gasteiger partial charge is 0.366 e. The van der Waals surface area contributed by atoms with Gasteiger partial charge in [-0.3, -0.25) is 5.10 Å². The van der Waals surface area contributed by atoms with Crippen LogP contribution < -0.4 is 4.90 Å². The van der Waals surface area contributed by atoms with E-state index in [0.717, 1.165) is 40.4 Å². The fourth-order valence-corrected chi connectivity index (χ4v) is 3.69. The van der Waals surface area contributed by atoms with E-state index in [4.69, 9.17) is 14.8 Å². The Morgan fingerprint density at radius 1 is 1.36 bits per heavy atom. The van der Waals surface area contributed by atoms with Crippen LogP contribution in [0.5, 0.6) is 0 Å². The Hall–Kier alpha value is -2.00. The van der Waals surface area contributed by atoms with Crippen LogP contribution in [0, 0.1) is 0 Å². The van der Waals surface area contributed by atoms with Gasteiger partial charge in [0.15, 0.2) is 5.82 Å². The molecular weight excluding hydrogens is 338 g/mol. The van der Waals surface area contributed by atoms with Crippen molar-refractivity contribution < 1.29 is 4.74 Å². The fraction of sp³-hybridized carbons (Fsp3) is 0.625. The molecule has 1 saturated heterocycles. The molecule has 0 aliphatic carbocycles. The van der Waals surface area contributed by atoms with Gasteiger partial charge < -0.3 is 9.64 Å². The van der Waals surface area contributed by atoms with E-state index < -0.39 is 0 Å². The second kappa shape index (κ2) is 6.06. The van der Waals surface area contributed by atoms with E-state index in [1.807, 2.05) is 10.7 Å². The lowest BCUT2D eigenvalue weighted by Gasteiger charge is -2.30. The Balaban J connectivity index is 1.54. The summed E-state index contributed by atoms with van der Waals surface area (Å²) < 4.78 is 7.74. The first-order valence-corrected chi connectivity index (χ1v) is 9.40. The van der Waals surface area contributed by atoms with E-state index in [2.05, 4.69) is 47.8 Å². The Labute approximate surface area is 150 Å². The van der Waals surface area contributed by atoms with Crippen LogP contribution in [-0.4, -0.2) is 49.5 Å². The molecule has 0 spiro atoms. The van der Waals surface area contributed by atoms with E-state index in [9.17, 15) is 0 Å². The summed E-state index contributed by atoms with van der Waals surface area (Å²) in [6.07, 6.45) is 2.73. The third kappa shape index (κ3) is 3.13. The highest BCUT2D eigenvalue weighted by molar-refractivity contribution is 7.20. The third-order valence-corrected chi connectivity index (χ3v) is 5.29. The quantitative estimate of drug-likeness (QED) is 0.771. The number of rotatable bonds is 3. The first kappa shape index (κ1) is 16.5. The summed E-state index contributed by atoms with van der Waals surface area (Å²) in [5, 5.41) is 12.9. The monoisotopic (exact) mass is 361 g/mol. The number of hydrogen-bond donors (Lipinski definition) is 1. The van der Waals surface area contributed by atoms with Crippen LogP contribution in [0.25, 0.3) is 4.96 Å². The molecule has 134 valence electrons. The number of imidazole rings is 1. The Morgan fingerprint density at radius 2 is 2.20 bits per heavy atom. The number of aryl methyl sites for hydroxylation is 1. The Morgan fingerprint density at radius 3 is 2.88 bits per heavy atom. The average Bonchev–Trinajstić information content (AvgIpc) is 3.28. The summed E-state index contributed by atoms with van der Waals surface area (Å²) in [4.78, 5) is 12.4. The van der Waals surface area contributed by atoms with Crippen LogP contribution in [-0.2, 0) is 16.6 Å². The molecule has 1 aliphatic heterocycles. The van der Waals surface area contributed by atoms with E-state index in [-0.39, 0.29) is 11.5 Å². The van der Waals surface area contributed by atoms with Gasteiger partial charge in [-0.15, -0.1) is 5.10 Å². The standard InChI is InChI=1S/C16H23N7OS/c1-5-12-18-13(20-19-12)10-8-22(6-7-24-10)15-21-23-9-11(16(2,3)4)17-14(23)25-15/h9-10H,5-8H2,1-4H3,(H,18,19,20). The summed E-state index contributed by atoms with van der Waals surface area (Å²) in [5.74, 6) is 1.61. The molecule has 8 nitrogen and oxygen atoms in total. The van der Waals surface area contributed by atoms with Crippen molar-refractivity contribution in [3.63, 3.8) is 0 Å². The van der Waals surface area contributed by atoms with Gasteiger partial charge in [0, 0.05) is 18.4 Å². The number of morpholine rings is 1. The van der Waals surface area contributed by atoms with Crippen LogP contribution in [0.4, 0.5) is 5.13 Å². The molecule has 1 aliphatic rings. The van der Waals surface area contributed by atoms with Gasteiger partial charge in [0.05, 0.1) is 25.0 Å². The highest BCUT2D eigenvalue weighted by Gasteiger charge is 2.28. The first-order chi connectivity index (χ1) is 11.9. The number of H-pyrrole nitrogens is 1. The SMILES string of the molecule is CCc1nc(C2CN(c3nn4cc(C(C)(C)C)nc4s3)CCO2)n[nH]1. The molecule has 1 fully saturated rings. The Bertz CT molecular complexity index is 843. The summed E-state index contributed by atoms with van der Waals surface area (Å²) in [6.45, 7) is 10.7. The molecule has 0 radical (unpaired) electrons.